The summed E-state index contributed by atoms with van der Waals surface area (Å²) in [5, 5.41) is 0. The van der Waals surface area contributed by atoms with Crippen LogP contribution >= 0.6 is 0 Å². The van der Waals surface area contributed by atoms with Gasteiger partial charge in [-0.3, -0.25) is 0 Å². The van der Waals surface area contributed by atoms with E-state index in [4.69, 9.17) is 5.73 Å². The van der Waals surface area contributed by atoms with Crippen LogP contribution in [0, 0.1) is 17.5 Å². The molecule has 0 radical (unpaired) electrons. The van der Waals surface area contributed by atoms with E-state index in [1.54, 1.807) is 0 Å². The van der Waals surface area contributed by atoms with Crippen LogP contribution in [0.1, 0.15) is 10.5 Å². The third kappa shape index (κ3) is 2.29. The van der Waals surface area contributed by atoms with Crippen LogP contribution in [-0.4, -0.2) is 18.1 Å². The van der Waals surface area contributed by atoms with Gasteiger partial charge in [-0.1, -0.05) is 0 Å². The second-order valence-corrected chi connectivity index (χ2v) is 3.84. The average molecular weight is 282 g/mol. The van der Waals surface area contributed by atoms with E-state index in [0.29, 0.717) is 0 Å². The van der Waals surface area contributed by atoms with Gasteiger partial charge in [-0.25, -0.2) is 22.9 Å². The van der Waals surface area contributed by atoms with Crippen molar-refractivity contribution < 1.29 is 22.7 Å². The van der Waals surface area contributed by atoms with Gasteiger partial charge < -0.3 is 10.5 Å². The van der Waals surface area contributed by atoms with Crippen molar-refractivity contribution in [3.63, 3.8) is 0 Å². The van der Waals surface area contributed by atoms with Crippen molar-refractivity contribution in [2.24, 2.45) is 0 Å². The van der Waals surface area contributed by atoms with Crippen LogP contribution in [0.25, 0.3) is 11.3 Å². The number of pyridine rings is 1. The van der Waals surface area contributed by atoms with Crippen molar-refractivity contribution >= 4 is 11.7 Å². The van der Waals surface area contributed by atoms with E-state index in [9.17, 15) is 18.0 Å². The van der Waals surface area contributed by atoms with Gasteiger partial charge in [-0.05, 0) is 24.3 Å². The lowest BCUT2D eigenvalue weighted by atomic mass is 10.1. The van der Waals surface area contributed by atoms with E-state index >= 15 is 0 Å². The Balaban J connectivity index is 2.70. The van der Waals surface area contributed by atoms with Gasteiger partial charge in [0.25, 0.3) is 0 Å². The summed E-state index contributed by atoms with van der Waals surface area (Å²) < 4.78 is 45.7. The van der Waals surface area contributed by atoms with Gasteiger partial charge in [0.1, 0.15) is 23.0 Å². The molecule has 4 nitrogen and oxygen atoms in total. The zero-order valence-electron chi connectivity index (χ0n) is 10.3. The molecule has 1 heterocycles. The Bertz CT molecular complexity index is 690. The number of halogens is 3. The first-order valence-corrected chi connectivity index (χ1v) is 5.44. The molecular formula is C13H9F3N2O2. The highest BCUT2D eigenvalue weighted by Gasteiger charge is 2.21. The molecule has 7 heteroatoms. The minimum atomic E-state index is -1.14. The van der Waals surface area contributed by atoms with Gasteiger partial charge in [-0.15, -0.1) is 0 Å². The normalized spacial score (nSPS) is 10.4. The van der Waals surface area contributed by atoms with E-state index in [0.717, 1.165) is 31.4 Å². The Hall–Kier alpha value is -2.57. The van der Waals surface area contributed by atoms with E-state index in [1.165, 1.54) is 0 Å². The summed E-state index contributed by atoms with van der Waals surface area (Å²) in [5.41, 5.74) is 3.32. The average Bonchev–Trinajstić information content (AvgIpc) is 2.44. The summed E-state index contributed by atoms with van der Waals surface area (Å²) in [4.78, 5) is 14.9. The summed E-state index contributed by atoms with van der Waals surface area (Å²) >= 11 is 0. The highest BCUT2D eigenvalue weighted by atomic mass is 19.1. The van der Waals surface area contributed by atoms with Crippen LogP contribution in [0.2, 0.25) is 0 Å². The molecule has 20 heavy (non-hydrogen) atoms. The number of nitrogens with zero attached hydrogens (tertiary/aromatic N) is 1. The zero-order chi connectivity index (χ0) is 14.9. The molecule has 0 spiro atoms. The number of carbonyl (C=O) groups excluding carboxylic acids is 1. The Labute approximate surface area is 112 Å². The maximum absolute atomic E-state index is 13.9. The number of rotatable bonds is 2. The fourth-order valence-electron chi connectivity index (χ4n) is 1.62. The molecule has 0 saturated heterocycles. The van der Waals surface area contributed by atoms with Crippen LogP contribution in [0.3, 0.4) is 0 Å². The highest BCUT2D eigenvalue weighted by Crippen LogP contribution is 2.30. The summed E-state index contributed by atoms with van der Waals surface area (Å²) in [6.07, 6.45) is 0. The second-order valence-electron chi connectivity index (χ2n) is 3.84. The van der Waals surface area contributed by atoms with E-state index < -0.39 is 34.7 Å². The van der Waals surface area contributed by atoms with Crippen LogP contribution in [-0.2, 0) is 4.74 Å². The molecule has 0 bridgehead atoms. The minimum Gasteiger partial charge on any atom is -0.464 e. The smallest absolute Gasteiger partial charge is 0.356 e. The van der Waals surface area contributed by atoms with Crippen molar-refractivity contribution in [1.82, 2.24) is 4.98 Å². The second kappa shape index (κ2) is 5.20. The first-order chi connectivity index (χ1) is 9.45. The number of hydrogen-bond donors (Lipinski definition) is 1. The fourth-order valence-corrected chi connectivity index (χ4v) is 1.62. The fraction of sp³-hybridized carbons (Fsp3) is 0.0769. The van der Waals surface area contributed by atoms with Gasteiger partial charge in [-0.2, -0.15) is 0 Å². The summed E-state index contributed by atoms with van der Waals surface area (Å²) in [5.74, 6) is -4.01. The molecule has 0 aliphatic carbocycles. The van der Waals surface area contributed by atoms with Crippen molar-refractivity contribution in [3.8, 4) is 11.3 Å². The van der Waals surface area contributed by atoms with Crippen LogP contribution in [0.4, 0.5) is 18.9 Å². The van der Waals surface area contributed by atoms with Gasteiger partial charge in [0, 0.05) is 0 Å². The van der Waals surface area contributed by atoms with Gasteiger partial charge in [0.2, 0.25) is 0 Å². The van der Waals surface area contributed by atoms with E-state index in [-0.39, 0.29) is 11.4 Å². The van der Waals surface area contributed by atoms with Crippen LogP contribution < -0.4 is 5.73 Å². The molecule has 0 fully saturated rings. The number of aromatic nitrogens is 1. The Morgan fingerprint density at radius 3 is 2.45 bits per heavy atom. The van der Waals surface area contributed by atoms with Crippen molar-refractivity contribution in [3.05, 3.63) is 47.4 Å². The summed E-state index contributed by atoms with van der Waals surface area (Å²) in [6.45, 7) is 0. The SMILES string of the molecule is COC(=O)c1ccc(F)c(-c2c(F)ccc(N)c2F)n1. The van der Waals surface area contributed by atoms with E-state index in [1.807, 2.05) is 0 Å². The lowest BCUT2D eigenvalue weighted by Crippen LogP contribution is -2.07. The molecule has 104 valence electrons. The number of benzene rings is 1. The minimum absolute atomic E-state index is 0.273. The Kier molecular flexibility index (Phi) is 3.60. The third-order valence-electron chi connectivity index (χ3n) is 2.60. The maximum atomic E-state index is 13.9. The summed E-state index contributed by atoms with van der Waals surface area (Å²) in [7, 11) is 1.11. The molecule has 1 aromatic carbocycles. The quantitative estimate of drug-likeness (QED) is 0.679. The number of nitrogens with two attached hydrogens (primary N) is 1. The van der Waals surface area contributed by atoms with Crippen molar-refractivity contribution in [2.75, 3.05) is 12.8 Å². The zero-order valence-corrected chi connectivity index (χ0v) is 10.3. The van der Waals surface area contributed by atoms with Crippen molar-refractivity contribution in [1.29, 1.82) is 0 Å². The molecule has 1 aromatic heterocycles. The van der Waals surface area contributed by atoms with Crippen LogP contribution in [0.15, 0.2) is 24.3 Å². The molecule has 0 atom stereocenters. The van der Waals surface area contributed by atoms with Gasteiger partial charge >= 0.3 is 5.97 Å². The van der Waals surface area contributed by atoms with Gasteiger partial charge in [0.05, 0.1) is 18.4 Å². The molecule has 2 N–H and O–H groups in total. The van der Waals surface area contributed by atoms with Gasteiger partial charge in [0.15, 0.2) is 5.82 Å². The maximum Gasteiger partial charge on any atom is 0.356 e. The molecule has 2 rings (SSSR count). The van der Waals surface area contributed by atoms with Crippen LogP contribution in [0.5, 0.6) is 0 Å². The number of anilines is 1. The van der Waals surface area contributed by atoms with E-state index in [2.05, 4.69) is 9.72 Å². The Morgan fingerprint density at radius 1 is 1.15 bits per heavy atom. The number of ether oxygens (including phenoxy) is 1. The molecule has 0 aliphatic rings. The predicted octanol–water partition coefficient (Wildman–Crippen LogP) is 2.53. The molecule has 0 aliphatic heterocycles. The molecule has 0 amide bonds. The number of nitrogen functional groups attached to an aromatic ring is 1. The third-order valence-corrected chi connectivity index (χ3v) is 2.60. The molecule has 0 saturated carbocycles. The largest absolute Gasteiger partial charge is 0.464 e. The number of esters is 1. The standard InChI is InChI=1S/C13H9F3N2O2/c1-20-13(19)9-5-3-7(15)12(18-9)10-6(14)2-4-8(17)11(10)16/h2-5H,17H2,1H3. The predicted molar refractivity (Wildman–Crippen MR) is 65.3 cm³/mol. The number of carbonyl (C=O) groups is 1. The first-order valence-electron chi connectivity index (χ1n) is 5.44. The topological polar surface area (TPSA) is 65.2 Å². The lowest BCUT2D eigenvalue weighted by molar-refractivity contribution is 0.0594. The lowest BCUT2D eigenvalue weighted by Gasteiger charge is -2.08. The number of hydrogen-bond acceptors (Lipinski definition) is 4. The highest BCUT2D eigenvalue weighted by molar-refractivity contribution is 5.88. The summed E-state index contributed by atoms with van der Waals surface area (Å²) in [6, 6.07) is 3.82. The molecule has 0 unspecified atom stereocenters. The number of methoxy groups -OCH3 is 1. The monoisotopic (exact) mass is 282 g/mol. The Morgan fingerprint density at radius 2 is 1.80 bits per heavy atom. The molecular weight excluding hydrogens is 273 g/mol. The molecule has 2 aromatic rings. The first kappa shape index (κ1) is 13.9. The van der Waals surface area contributed by atoms with Crippen molar-refractivity contribution in [2.45, 2.75) is 0 Å².